The summed E-state index contributed by atoms with van der Waals surface area (Å²) in [6, 6.07) is 7.43. The van der Waals surface area contributed by atoms with Crippen molar-refractivity contribution in [1.29, 1.82) is 0 Å². The number of nitro groups is 2. The first-order valence-corrected chi connectivity index (χ1v) is 9.41. The predicted octanol–water partition coefficient (Wildman–Crippen LogP) is 3.41. The van der Waals surface area contributed by atoms with E-state index in [0.29, 0.717) is 0 Å². The van der Waals surface area contributed by atoms with Crippen LogP contribution in [0.2, 0.25) is 10.0 Å². The molecule has 1 saturated heterocycles. The van der Waals surface area contributed by atoms with Gasteiger partial charge in [-0.15, -0.1) is 0 Å². The number of piperazine rings is 1. The highest BCUT2D eigenvalue weighted by molar-refractivity contribution is 6.31. The van der Waals surface area contributed by atoms with Crippen LogP contribution >= 0.6 is 23.2 Å². The molecule has 2 amide bonds. The molecular weight excluding hydrogens is 439 g/mol. The number of rotatable bonds is 4. The second-order valence-electron chi connectivity index (χ2n) is 6.42. The lowest BCUT2D eigenvalue weighted by molar-refractivity contribution is -0.385. The Labute approximate surface area is 179 Å². The van der Waals surface area contributed by atoms with Gasteiger partial charge in [-0.25, -0.2) is 0 Å². The molecule has 12 heteroatoms. The van der Waals surface area contributed by atoms with E-state index >= 15 is 0 Å². The van der Waals surface area contributed by atoms with Crippen molar-refractivity contribution in [2.24, 2.45) is 0 Å². The zero-order chi connectivity index (χ0) is 22.0. The molecular formula is C18H14Cl2N4O6. The van der Waals surface area contributed by atoms with Crippen molar-refractivity contribution in [3.63, 3.8) is 0 Å². The molecule has 3 rings (SSSR count). The van der Waals surface area contributed by atoms with Crippen LogP contribution in [-0.2, 0) is 0 Å². The van der Waals surface area contributed by atoms with Crippen molar-refractivity contribution in [3.05, 3.63) is 77.8 Å². The Morgan fingerprint density at radius 3 is 1.37 bits per heavy atom. The van der Waals surface area contributed by atoms with Gasteiger partial charge in [0.15, 0.2) is 0 Å². The van der Waals surface area contributed by atoms with Crippen molar-refractivity contribution in [2.75, 3.05) is 26.2 Å². The molecule has 0 N–H and O–H groups in total. The molecule has 1 heterocycles. The van der Waals surface area contributed by atoms with E-state index in [9.17, 15) is 29.8 Å². The molecule has 0 bridgehead atoms. The van der Waals surface area contributed by atoms with E-state index in [1.807, 2.05) is 0 Å². The average Bonchev–Trinajstić information content (AvgIpc) is 2.72. The maximum Gasteiger partial charge on any atom is 0.282 e. The molecule has 10 nitrogen and oxygen atoms in total. The smallest absolute Gasteiger partial charge is 0.282 e. The monoisotopic (exact) mass is 452 g/mol. The lowest BCUT2D eigenvalue weighted by Gasteiger charge is -2.34. The van der Waals surface area contributed by atoms with Gasteiger partial charge in [0, 0.05) is 48.4 Å². The van der Waals surface area contributed by atoms with Gasteiger partial charge in [-0.05, 0) is 24.3 Å². The van der Waals surface area contributed by atoms with Gasteiger partial charge < -0.3 is 9.80 Å². The van der Waals surface area contributed by atoms with Gasteiger partial charge in [-0.2, -0.15) is 0 Å². The van der Waals surface area contributed by atoms with E-state index in [-0.39, 0.29) is 58.7 Å². The molecule has 1 fully saturated rings. The van der Waals surface area contributed by atoms with Crippen molar-refractivity contribution in [2.45, 2.75) is 0 Å². The van der Waals surface area contributed by atoms with E-state index in [0.717, 1.165) is 12.1 Å². The Morgan fingerprint density at radius 2 is 1.07 bits per heavy atom. The number of benzene rings is 2. The van der Waals surface area contributed by atoms with Gasteiger partial charge in [0.25, 0.3) is 23.2 Å². The van der Waals surface area contributed by atoms with Crippen LogP contribution in [0.25, 0.3) is 0 Å². The minimum absolute atomic E-state index is 0.0998. The van der Waals surface area contributed by atoms with E-state index in [1.54, 1.807) is 0 Å². The Balaban J connectivity index is 1.76. The first-order valence-electron chi connectivity index (χ1n) is 8.65. The summed E-state index contributed by atoms with van der Waals surface area (Å²) in [5.41, 5.74) is -1.01. The van der Waals surface area contributed by atoms with Crippen LogP contribution in [0.1, 0.15) is 20.7 Å². The van der Waals surface area contributed by atoms with Gasteiger partial charge in [0.1, 0.15) is 11.1 Å². The first kappa shape index (κ1) is 21.5. The number of halogens is 2. The molecule has 0 unspecified atom stereocenters. The highest BCUT2D eigenvalue weighted by Crippen LogP contribution is 2.26. The summed E-state index contributed by atoms with van der Waals surface area (Å²) in [6.07, 6.45) is 0. The van der Waals surface area contributed by atoms with Crippen LogP contribution in [0.15, 0.2) is 36.4 Å². The third-order valence-electron chi connectivity index (χ3n) is 4.63. The fourth-order valence-corrected chi connectivity index (χ4v) is 3.48. The maximum atomic E-state index is 12.8. The van der Waals surface area contributed by atoms with E-state index in [4.69, 9.17) is 23.2 Å². The maximum absolute atomic E-state index is 12.8. The predicted molar refractivity (Wildman–Crippen MR) is 108 cm³/mol. The van der Waals surface area contributed by atoms with Crippen LogP contribution in [-0.4, -0.2) is 57.6 Å². The van der Waals surface area contributed by atoms with Crippen LogP contribution in [0.4, 0.5) is 11.4 Å². The standard InChI is InChI=1S/C18H14Cl2N4O6/c19-11-1-3-15(23(27)28)13(9-11)17(25)21-5-7-22(8-6-21)18(26)14-10-12(20)2-4-16(14)24(29)30/h1-4,9-10H,5-8H2. The zero-order valence-electron chi connectivity index (χ0n) is 15.3. The molecule has 0 spiro atoms. The minimum atomic E-state index is -0.665. The Hall–Kier alpha value is -3.24. The zero-order valence-corrected chi connectivity index (χ0v) is 16.8. The second-order valence-corrected chi connectivity index (χ2v) is 7.29. The van der Waals surface area contributed by atoms with Crippen LogP contribution in [0.3, 0.4) is 0 Å². The van der Waals surface area contributed by atoms with Crippen LogP contribution < -0.4 is 0 Å². The normalized spacial score (nSPS) is 13.8. The Kier molecular flexibility index (Phi) is 6.18. The van der Waals surface area contributed by atoms with Crippen molar-refractivity contribution in [1.82, 2.24) is 9.80 Å². The number of nitro benzene ring substituents is 2. The lowest BCUT2D eigenvalue weighted by atomic mass is 10.1. The van der Waals surface area contributed by atoms with Crippen molar-refractivity contribution in [3.8, 4) is 0 Å². The molecule has 0 radical (unpaired) electrons. The summed E-state index contributed by atoms with van der Waals surface area (Å²) in [5.74, 6) is -1.16. The number of hydrogen-bond acceptors (Lipinski definition) is 6. The molecule has 0 atom stereocenters. The lowest BCUT2D eigenvalue weighted by Crippen LogP contribution is -2.50. The van der Waals surface area contributed by atoms with Gasteiger partial charge in [-0.1, -0.05) is 23.2 Å². The topological polar surface area (TPSA) is 127 Å². The minimum Gasteiger partial charge on any atom is -0.335 e. The number of nitrogens with zero attached hydrogens (tertiary/aromatic N) is 4. The SMILES string of the molecule is O=C(c1cc(Cl)ccc1[N+](=O)[O-])N1CCN(C(=O)c2cc(Cl)ccc2[N+](=O)[O-])CC1. The van der Waals surface area contributed by atoms with Crippen molar-refractivity contribution >= 4 is 46.4 Å². The number of amides is 2. The molecule has 1 aliphatic heterocycles. The van der Waals surface area contributed by atoms with E-state index in [1.165, 1.54) is 34.1 Å². The molecule has 0 aliphatic carbocycles. The summed E-state index contributed by atoms with van der Waals surface area (Å²) < 4.78 is 0. The fraction of sp³-hybridized carbons (Fsp3) is 0.222. The number of hydrogen-bond donors (Lipinski definition) is 0. The average molecular weight is 453 g/mol. The largest absolute Gasteiger partial charge is 0.335 e. The summed E-state index contributed by atoms with van der Waals surface area (Å²) in [6.45, 7) is 0.399. The molecule has 30 heavy (non-hydrogen) atoms. The first-order chi connectivity index (χ1) is 14.2. The molecule has 0 saturated carbocycles. The van der Waals surface area contributed by atoms with Gasteiger partial charge in [-0.3, -0.25) is 29.8 Å². The highest BCUT2D eigenvalue weighted by atomic mass is 35.5. The molecule has 2 aromatic rings. The van der Waals surface area contributed by atoms with Gasteiger partial charge >= 0.3 is 0 Å². The Morgan fingerprint density at radius 1 is 0.733 bits per heavy atom. The van der Waals surface area contributed by atoms with Gasteiger partial charge in [0.2, 0.25) is 0 Å². The summed E-state index contributed by atoms with van der Waals surface area (Å²) in [5, 5.41) is 22.8. The summed E-state index contributed by atoms with van der Waals surface area (Å²) in [7, 11) is 0. The second kappa shape index (κ2) is 8.64. The van der Waals surface area contributed by atoms with Crippen molar-refractivity contribution < 1.29 is 19.4 Å². The summed E-state index contributed by atoms with van der Waals surface area (Å²) in [4.78, 5) is 49.4. The third-order valence-corrected chi connectivity index (χ3v) is 5.10. The van der Waals surface area contributed by atoms with Crippen LogP contribution in [0, 0.1) is 20.2 Å². The fourth-order valence-electron chi connectivity index (χ4n) is 3.13. The third kappa shape index (κ3) is 4.34. The van der Waals surface area contributed by atoms with E-state index < -0.39 is 21.7 Å². The molecule has 1 aliphatic rings. The van der Waals surface area contributed by atoms with Gasteiger partial charge in [0.05, 0.1) is 9.85 Å². The molecule has 0 aromatic heterocycles. The number of carbonyl (C=O) groups is 2. The molecule has 2 aromatic carbocycles. The van der Waals surface area contributed by atoms with E-state index in [2.05, 4.69) is 0 Å². The molecule has 156 valence electrons. The summed E-state index contributed by atoms with van der Waals surface area (Å²) >= 11 is 11.8. The van der Waals surface area contributed by atoms with Crippen LogP contribution in [0.5, 0.6) is 0 Å². The Bertz CT molecular complexity index is 969. The highest BCUT2D eigenvalue weighted by Gasteiger charge is 2.31. The number of carbonyl (C=O) groups excluding carboxylic acids is 2. The quantitative estimate of drug-likeness (QED) is 0.516.